The molecule has 0 amide bonds. The van der Waals surface area contributed by atoms with Crippen LogP contribution in [-0.2, 0) is 14.3 Å². The number of ketones is 2. The van der Waals surface area contributed by atoms with E-state index in [1.807, 2.05) is 12.1 Å². The fourth-order valence-electron chi connectivity index (χ4n) is 13.3. The van der Waals surface area contributed by atoms with Gasteiger partial charge in [-0.2, -0.15) is 0 Å². The molecule has 3 N–H and O–H groups in total. The molecule has 258 valence electrons. The van der Waals surface area contributed by atoms with Crippen LogP contribution in [-0.4, -0.2) is 51.3 Å². The maximum absolute atomic E-state index is 14.2. The first kappa shape index (κ1) is 33.5. The molecule has 6 nitrogen and oxygen atoms in total. The topological polar surface area (TPSA) is 107 Å². The molecule has 47 heavy (non-hydrogen) atoms. The fraction of sp³-hybridized carbons (Fsp3) is 0.756. The maximum Gasteiger partial charge on any atom is 0.159 e. The van der Waals surface area contributed by atoms with Crippen LogP contribution in [0.5, 0.6) is 5.75 Å². The molecule has 5 aliphatic carbocycles. The molecule has 0 aromatic heterocycles. The number of epoxide rings is 1. The van der Waals surface area contributed by atoms with Crippen LogP contribution in [0.25, 0.3) is 0 Å². The van der Waals surface area contributed by atoms with Gasteiger partial charge < -0.3 is 20.1 Å². The number of rotatable bonds is 8. The van der Waals surface area contributed by atoms with E-state index >= 15 is 0 Å². The summed E-state index contributed by atoms with van der Waals surface area (Å²) in [6.45, 7) is 13.4. The largest absolute Gasteiger partial charge is 0.508 e. The summed E-state index contributed by atoms with van der Waals surface area (Å²) in [4.78, 5) is 28.4. The molecule has 1 aromatic rings. The normalized spacial score (nSPS) is 42.6. The van der Waals surface area contributed by atoms with Gasteiger partial charge >= 0.3 is 0 Å². The van der Waals surface area contributed by atoms with E-state index in [1.54, 1.807) is 12.1 Å². The van der Waals surface area contributed by atoms with Crippen molar-refractivity contribution < 1.29 is 29.6 Å². The van der Waals surface area contributed by atoms with Crippen LogP contribution < -0.4 is 0 Å². The number of aliphatic hydroxyl groups excluding tert-OH is 2. The van der Waals surface area contributed by atoms with Crippen molar-refractivity contribution in [2.45, 2.75) is 142 Å². The number of Topliss-reactive ketones (excluding diaryl/α,β-unsaturated/α-hetero) is 2. The minimum absolute atomic E-state index is 0.0534. The Hall–Kier alpha value is -2.02. The number of hydrogen-bond acceptors (Lipinski definition) is 6. The number of allylic oxidation sites excluding steroid dienone is 2. The van der Waals surface area contributed by atoms with Crippen molar-refractivity contribution in [1.29, 1.82) is 0 Å². The first-order valence-electron chi connectivity index (χ1n) is 18.7. The van der Waals surface area contributed by atoms with Crippen LogP contribution in [0.4, 0.5) is 0 Å². The van der Waals surface area contributed by atoms with Gasteiger partial charge in [-0.1, -0.05) is 65.2 Å². The number of hydrogen-bond donors (Lipinski definition) is 3. The van der Waals surface area contributed by atoms with E-state index in [0.29, 0.717) is 25.2 Å². The van der Waals surface area contributed by atoms with Gasteiger partial charge in [-0.3, -0.25) is 9.59 Å². The third kappa shape index (κ3) is 4.73. The lowest BCUT2D eigenvalue weighted by Gasteiger charge is -2.69. The average molecular weight is 647 g/mol. The van der Waals surface area contributed by atoms with Crippen molar-refractivity contribution in [3.63, 3.8) is 0 Å². The van der Waals surface area contributed by atoms with Crippen molar-refractivity contribution in [2.75, 3.05) is 6.61 Å². The molecule has 5 fully saturated rings. The number of fused-ring (bicyclic) bond motifs is 5. The van der Waals surface area contributed by atoms with Gasteiger partial charge in [-0.25, -0.2) is 0 Å². The lowest BCUT2D eigenvalue weighted by molar-refractivity contribution is -0.193. The molecule has 0 bridgehead atoms. The third-order valence-corrected chi connectivity index (χ3v) is 15.5. The highest BCUT2D eigenvalue weighted by Gasteiger charge is 2.70. The van der Waals surface area contributed by atoms with E-state index in [9.17, 15) is 24.9 Å². The highest BCUT2D eigenvalue weighted by atomic mass is 16.6. The van der Waals surface area contributed by atoms with E-state index in [-0.39, 0.29) is 75.5 Å². The van der Waals surface area contributed by atoms with Crippen LogP contribution in [0.15, 0.2) is 35.4 Å². The minimum atomic E-state index is -0.586. The minimum Gasteiger partial charge on any atom is -0.508 e. The van der Waals surface area contributed by atoms with E-state index < -0.39 is 11.5 Å². The molecule has 0 unspecified atom stereocenters. The second kappa shape index (κ2) is 11.3. The summed E-state index contributed by atoms with van der Waals surface area (Å²) in [6.07, 6.45) is 10.1. The molecule has 6 heteroatoms. The highest BCUT2D eigenvalue weighted by Crippen LogP contribution is 2.76. The van der Waals surface area contributed by atoms with Crippen LogP contribution in [0.3, 0.4) is 0 Å². The van der Waals surface area contributed by atoms with E-state index in [1.165, 1.54) is 31.3 Å². The molecule has 1 aliphatic heterocycles. The van der Waals surface area contributed by atoms with Crippen molar-refractivity contribution in [3.8, 4) is 5.75 Å². The molecule has 10 atom stereocenters. The Bertz CT molecular complexity index is 1470. The SMILES string of the molecule is C[C@H](C[C@@H](O)[C@@H]1O[C@]1(C)C1CCCC1)C1=C2CC[C@H]3[C@@]4(C)C[C@H](c5cccc(O)c5)C(=O)C(C)(C)[C@@H]4CC[C@]3(CCO)[C@@]2(C)CC1=O. The molecule has 1 saturated heterocycles. The summed E-state index contributed by atoms with van der Waals surface area (Å²) in [6, 6.07) is 7.24. The second-order valence-corrected chi connectivity index (χ2v) is 18.0. The highest BCUT2D eigenvalue weighted by molar-refractivity contribution is 6.00. The van der Waals surface area contributed by atoms with Crippen molar-refractivity contribution in [1.82, 2.24) is 0 Å². The lowest BCUT2D eigenvalue weighted by atomic mass is 9.34. The quantitative estimate of drug-likeness (QED) is 0.250. The average Bonchev–Trinajstić information content (AvgIpc) is 3.31. The number of carbonyl (C=O) groups is 2. The summed E-state index contributed by atoms with van der Waals surface area (Å²) >= 11 is 0. The number of phenolic OH excluding ortho intramolecular Hbond substituents is 1. The smallest absolute Gasteiger partial charge is 0.159 e. The number of aliphatic hydroxyl groups is 2. The maximum atomic E-state index is 14.2. The van der Waals surface area contributed by atoms with Gasteiger partial charge in [0.05, 0.1) is 11.7 Å². The number of carbonyl (C=O) groups excluding carboxylic acids is 2. The summed E-state index contributed by atoms with van der Waals surface area (Å²) in [7, 11) is 0. The Balaban J connectivity index is 1.21. The van der Waals surface area contributed by atoms with Gasteiger partial charge in [-0.15, -0.1) is 0 Å². The Morgan fingerprint density at radius 1 is 1.00 bits per heavy atom. The van der Waals surface area contributed by atoms with Gasteiger partial charge in [-0.05, 0) is 122 Å². The molecule has 7 rings (SSSR count). The molecule has 4 saturated carbocycles. The summed E-state index contributed by atoms with van der Waals surface area (Å²) < 4.78 is 6.20. The summed E-state index contributed by atoms with van der Waals surface area (Å²) in [5.74, 6) is 1.30. The van der Waals surface area contributed by atoms with Crippen molar-refractivity contribution in [2.24, 2.45) is 45.3 Å². The first-order valence-corrected chi connectivity index (χ1v) is 18.7. The van der Waals surface area contributed by atoms with Gasteiger partial charge in [0.25, 0.3) is 0 Å². The molecular formula is C41H58O6. The van der Waals surface area contributed by atoms with Crippen molar-refractivity contribution in [3.05, 3.63) is 41.0 Å². The Kier molecular flexibility index (Phi) is 8.01. The van der Waals surface area contributed by atoms with Crippen LogP contribution >= 0.6 is 0 Å². The zero-order valence-electron chi connectivity index (χ0n) is 29.6. The third-order valence-electron chi connectivity index (χ3n) is 15.5. The molecule has 0 radical (unpaired) electrons. The van der Waals surface area contributed by atoms with Gasteiger partial charge in [0, 0.05) is 29.8 Å². The van der Waals surface area contributed by atoms with E-state index in [4.69, 9.17) is 4.74 Å². The summed E-state index contributed by atoms with van der Waals surface area (Å²) in [5.41, 5.74) is 1.56. The zero-order valence-corrected chi connectivity index (χ0v) is 29.6. The lowest BCUT2D eigenvalue weighted by Crippen LogP contribution is -2.64. The molecule has 1 heterocycles. The van der Waals surface area contributed by atoms with E-state index in [2.05, 4.69) is 41.5 Å². The van der Waals surface area contributed by atoms with Crippen molar-refractivity contribution >= 4 is 11.6 Å². The summed E-state index contributed by atoms with van der Waals surface area (Å²) in [5, 5.41) is 32.5. The monoisotopic (exact) mass is 646 g/mol. The standard InChI is InChI=1S/C41H58O6/c1-24(20-30(44)36-40(6,47-36)26-11-7-8-12-26)34-29-14-15-33-38(4)22-28(25-10-9-13-27(43)21-25)35(46)37(2,3)32(38)16-17-41(33,18-19-42)39(29,5)23-31(34)45/h9-10,13,21,24,26,28,30,32-33,36,42-44H,7-8,11-12,14-20,22-23H2,1-6H3/t24-,28-,30-,32+,33+,36+,38+,39+,40-,41-/m1/s1. The second-order valence-electron chi connectivity index (χ2n) is 18.0. The van der Waals surface area contributed by atoms with Crippen LogP contribution in [0, 0.1) is 45.3 Å². The molecular weight excluding hydrogens is 588 g/mol. The van der Waals surface area contributed by atoms with Crippen LogP contribution in [0.1, 0.15) is 130 Å². The molecule has 1 aromatic carbocycles. The molecule has 6 aliphatic rings. The predicted molar refractivity (Wildman–Crippen MR) is 182 cm³/mol. The fourth-order valence-corrected chi connectivity index (χ4v) is 13.3. The number of phenols is 1. The number of aromatic hydroxyl groups is 1. The van der Waals surface area contributed by atoms with E-state index in [0.717, 1.165) is 43.2 Å². The Labute approximate surface area is 281 Å². The zero-order chi connectivity index (χ0) is 33.7. The van der Waals surface area contributed by atoms with Crippen LogP contribution in [0.2, 0.25) is 0 Å². The molecule has 0 spiro atoms. The van der Waals surface area contributed by atoms with Gasteiger partial charge in [0.1, 0.15) is 17.6 Å². The Morgan fingerprint density at radius 2 is 1.72 bits per heavy atom. The predicted octanol–water partition coefficient (Wildman–Crippen LogP) is 7.68. The van der Waals surface area contributed by atoms with Gasteiger partial charge in [0.15, 0.2) is 5.78 Å². The first-order chi connectivity index (χ1) is 22.1. The Morgan fingerprint density at radius 3 is 2.40 bits per heavy atom. The number of benzene rings is 1. The van der Waals surface area contributed by atoms with Gasteiger partial charge in [0.2, 0.25) is 0 Å². The number of ether oxygens (including phenoxy) is 1.